The van der Waals surface area contributed by atoms with Gasteiger partial charge in [-0.3, -0.25) is 4.79 Å². The van der Waals surface area contributed by atoms with Crippen molar-refractivity contribution in [3.8, 4) is 11.5 Å². The second-order valence-corrected chi connectivity index (χ2v) is 6.47. The Balaban J connectivity index is 1.53. The lowest BCUT2D eigenvalue weighted by atomic mass is 10.1. The molecule has 1 aliphatic rings. The highest BCUT2D eigenvalue weighted by Crippen LogP contribution is 2.35. The third-order valence-corrected chi connectivity index (χ3v) is 4.36. The van der Waals surface area contributed by atoms with E-state index in [1.165, 1.54) is 12.1 Å². The zero-order valence-corrected chi connectivity index (χ0v) is 14.9. The van der Waals surface area contributed by atoms with Gasteiger partial charge in [-0.15, -0.1) is 0 Å². The Morgan fingerprint density at radius 3 is 2.70 bits per heavy atom. The predicted octanol–water partition coefficient (Wildman–Crippen LogP) is 5.67. The molecule has 0 spiro atoms. The number of Topliss-reactive ketones (excluding diaryl/α,β-unsaturated/α-hetero) is 1. The fourth-order valence-electron chi connectivity index (χ4n) is 2.78. The van der Waals surface area contributed by atoms with Crippen LogP contribution >= 0.6 is 11.6 Å². The van der Waals surface area contributed by atoms with Gasteiger partial charge in [0.15, 0.2) is 5.76 Å². The van der Waals surface area contributed by atoms with Gasteiger partial charge >= 0.3 is 0 Å². The Kier molecular flexibility index (Phi) is 4.65. The summed E-state index contributed by atoms with van der Waals surface area (Å²) in [6.45, 7) is 0.339. The summed E-state index contributed by atoms with van der Waals surface area (Å²) < 4.78 is 25.2. The maximum absolute atomic E-state index is 13.8. The van der Waals surface area contributed by atoms with E-state index >= 15 is 0 Å². The van der Waals surface area contributed by atoms with Gasteiger partial charge < -0.3 is 9.47 Å². The minimum Gasteiger partial charge on any atom is -0.489 e. The molecule has 134 valence electrons. The number of hydrogen-bond donors (Lipinski definition) is 0. The number of fused-ring (bicyclic) bond motifs is 1. The largest absolute Gasteiger partial charge is 0.489 e. The van der Waals surface area contributed by atoms with Crippen LogP contribution in [0.15, 0.2) is 72.5 Å². The third kappa shape index (κ3) is 3.71. The van der Waals surface area contributed by atoms with Gasteiger partial charge in [0.25, 0.3) is 0 Å². The monoisotopic (exact) mass is 380 g/mol. The first-order chi connectivity index (χ1) is 13.1. The van der Waals surface area contributed by atoms with E-state index in [1.54, 1.807) is 42.5 Å². The minimum absolute atomic E-state index is 0.0853. The van der Waals surface area contributed by atoms with Crippen LogP contribution in [0.3, 0.4) is 0 Å². The smallest absolute Gasteiger partial charge is 0.231 e. The minimum atomic E-state index is -0.414. The third-order valence-electron chi connectivity index (χ3n) is 4.13. The van der Waals surface area contributed by atoms with Crippen LogP contribution in [0.2, 0.25) is 5.02 Å². The number of allylic oxidation sites excluding steroid dienone is 1. The van der Waals surface area contributed by atoms with E-state index in [4.69, 9.17) is 21.1 Å². The fourth-order valence-corrected chi connectivity index (χ4v) is 3.00. The molecule has 1 aliphatic heterocycles. The number of ketones is 1. The normalized spacial score (nSPS) is 14.1. The molecule has 0 unspecified atom stereocenters. The molecule has 4 rings (SSSR count). The Hall–Kier alpha value is -3.11. The van der Waals surface area contributed by atoms with Crippen molar-refractivity contribution >= 4 is 23.5 Å². The highest BCUT2D eigenvalue weighted by Gasteiger charge is 2.28. The van der Waals surface area contributed by atoms with Gasteiger partial charge in [0.1, 0.15) is 23.9 Å². The summed E-state index contributed by atoms with van der Waals surface area (Å²) in [7, 11) is 0. The standard InChI is InChI=1S/C22H14ClFO3/c23-16-6-3-4-14(10-16)13-26-17-8-9-18-20(12-17)27-21(22(18)25)11-15-5-1-2-7-19(15)24/h1-12H,13H2. The zero-order chi connectivity index (χ0) is 18.8. The van der Waals surface area contributed by atoms with Gasteiger partial charge in [-0.2, -0.15) is 0 Å². The van der Waals surface area contributed by atoms with E-state index in [2.05, 4.69) is 0 Å². The van der Waals surface area contributed by atoms with Crippen molar-refractivity contribution in [2.24, 2.45) is 0 Å². The number of hydrogen-bond acceptors (Lipinski definition) is 3. The van der Waals surface area contributed by atoms with E-state index in [1.807, 2.05) is 18.2 Å². The molecule has 3 nitrogen and oxygen atoms in total. The number of rotatable bonds is 4. The van der Waals surface area contributed by atoms with Gasteiger partial charge in [-0.05, 0) is 42.0 Å². The molecule has 3 aromatic rings. The molecule has 27 heavy (non-hydrogen) atoms. The van der Waals surface area contributed by atoms with E-state index < -0.39 is 5.82 Å². The first-order valence-corrected chi connectivity index (χ1v) is 8.68. The molecular weight excluding hydrogens is 367 g/mol. The Bertz CT molecular complexity index is 1060. The van der Waals surface area contributed by atoms with Crippen LogP contribution in [0.5, 0.6) is 11.5 Å². The van der Waals surface area contributed by atoms with Crippen molar-refractivity contribution in [2.45, 2.75) is 6.61 Å². The topological polar surface area (TPSA) is 35.5 Å². The van der Waals surface area contributed by atoms with Crippen molar-refractivity contribution in [3.63, 3.8) is 0 Å². The molecule has 0 atom stereocenters. The maximum atomic E-state index is 13.8. The Labute approximate surface area is 160 Å². The summed E-state index contributed by atoms with van der Waals surface area (Å²) in [6, 6.07) is 18.6. The van der Waals surface area contributed by atoms with Crippen LogP contribution in [-0.2, 0) is 6.61 Å². The summed E-state index contributed by atoms with van der Waals surface area (Å²) in [6.07, 6.45) is 1.41. The molecule has 0 saturated heterocycles. The SMILES string of the molecule is O=C1C(=Cc2ccccc2F)Oc2cc(OCc3cccc(Cl)c3)ccc21. The molecular formula is C22H14ClFO3. The second kappa shape index (κ2) is 7.25. The van der Waals surface area contributed by atoms with Crippen molar-refractivity contribution in [3.05, 3.63) is 100 Å². The van der Waals surface area contributed by atoms with Crippen LogP contribution < -0.4 is 9.47 Å². The number of benzene rings is 3. The van der Waals surface area contributed by atoms with Crippen molar-refractivity contribution in [1.29, 1.82) is 0 Å². The van der Waals surface area contributed by atoms with Crippen LogP contribution in [-0.4, -0.2) is 5.78 Å². The lowest BCUT2D eigenvalue weighted by Gasteiger charge is -2.07. The first-order valence-electron chi connectivity index (χ1n) is 8.30. The van der Waals surface area contributed by atoms with Crippen LogP contribution in [0.25, 0.3) is 6.08 Å². The van der Waals surface area contributed by atoms with Gasteiger partial charge in [-0.1, -0.05) is 41.9 Å². The molecule has 5 heteroatoms. The van der Waals surface area contributed by atoms with Crippen molar-refractivity contribution in [1.82, 2.24) is 0 Å². The summed E-state index contributed by atoms with van der Waals surface area (Å²) >= 11 is 5.97. The maximum Gasteiger partial charge on any atom is 0.231 e. The molecule has 3 aromatic carbocycles. The lowest BCUT2D eigenvalue weighted by Crippen LogP contribution is -1.98. The first kappa shape index (κ1) is 17.3. The van der Waals surface area contributed by atoms with Gasteiger partial charge in [0.05, 0.1) is 5.56 Å². The molecule has 1 heterocycles. The highest BCUT2D eigenvalue weighted by molar-refractivity contribution is 6.30. The predicted molar refractivity (Wildman–Crippen MR) is 102 cm³/mol. The zero-order valence-electron chi connectivity index (χ0n) is 14.1. The summed E-state index contributed by atoms with van der Waals surface area (Å²) in [4.78, 5) is 12.5. The van der Waals surface area contributed by atoms with Gasteiger partial charge in [0, 0.05) is 16.7 Å². The molecule has 0 bridgehead atoms. The molecule has 0 saturated carbocycles. The van der Waals surface area contributed by atoms with Crippen LogP contribution in [0.1, 0.15) is 21.5 Å². The molecule has 0 amide bonds. The Morgan fingerprint density at radius 2 is 1.89 bits per heavy atom. The van der Waals surface area contributed by atoms with Crippen molar-refractivity contribution < 1.29 is 18.7 Å². The molecule has 0 aliphatic carbocycles. The number of carbonyl (C=O) groups is 1. The summed E-state index contributed by atoms with van der Waals surface area (Å²) in [5, 5.41) is 0.641. The van der Waals surface area contributed by atoms with Gasteiger partial charge in [-0.25, -0.2) is 4.39 Å². The van der Waals surface area contributed by atoms with Crippen molar-refractivity contribution in [2.75, 3.05) is 0 Å². The second-order valence-electron chi connectivity index (χ2n) is 6.04. The molecule has 0 radical (unpaired) electrons. The molecule has 0 aromatic heterocycles. The highest BCUT2D eigenvalue weighted by atomic mass is 35.5. The fraction of sp³-hybridized carbons (Fsp3) is 0.0455. The summed E-state index contributed by atoms with van der Waals surface area (Å²) in [5.74, 6) is 0.347. The Morgan fingerprint density at radius 1 is 1.04 bits per heavy atom. The van der Waals surface area contributed by atoms with E-state index in [0.29, 0.717) is 34.3 Å². The van der Waals surface area contributed by atoms with E-state index in [-0.39, 0.29) is 11.5 Å². The number of ether oxygens (including phenoxy) is 2. The number of carbonyl (C=O) groups excluding carboxylic acids is 1. The summed E-state index contributed by atoms with van der Waals surface area (Å²) in [5.41, 5.74) is 1.65. The quantitative estimate of drug-likeness (QED) is 0.547. The van der Waals surface area contributed by atoms with Crippen LogP contribution in [0, 0.1) is 5.82 Å². The lowest BCUT2D eigenvalue weighted by molar-refractivity contribution is 0.101. The van der Waals surface area contributed by atoms with Crippen LogP contribution in [0.4, 0.5) is 4.39 Å². The molecule has 0 N–H and O–H groups in total. The average Bonchev–Trinajstić information content (AvgIpc) is 2.97. The van der Waals surface area contributed by atoms with E-state index in [0.717, 1.165) is 5.56 Å². The average molecular weight is 381 g/mol. The molecule has 0 fully saturated rings. The van der Waals surface area contributed by atoms with E-state index in [9.17, 15) is 9.18 Å². The number of halogens is 2. The van der Waals surface area contributed by atoms with Gasteiger partial charge in [0.2, 0.25) is 5.78 Å².